The second-order valence-electron chi connectivity index (χ2n) is 10.6. The first kappa shape index (κ1) is 26.3. The summed E-state index contributed by atoms with van der Waals surface area (Å²) in [4.78, 5) is 15.0. The summed E-state index contributed by atoms with van der Waals surface area (Å²) in [5.41, 5.74) is 3.13. The molecular weight excluding hydrogens is 442 g/mol. The third kappa shape index (κ3) is 6.32. The van der Waals surface area contributed by atoms with Crippen LogP contribution in [-0.4, -0.2) is 35.4 Å². The van der Waals surface area contributed by atoms with Crippen molar-refractivity contribution in [3.8, 4) is 0 Å². The molecule has 1 aliphatic rings. The van der Waals surface area contributed by atoms with Crippen LogP contribution in [0, 0.1) is 5.92 Å². The Morgan fingerprint density at radius 2 is 1.39 bits per heavy atom. The Balaban J connectivity index is 1.23. The van der Waals surface area contributed by atoms with Gasteiger partial charge >= 0.3 is 0 Å². The number of carbonyl (C=O) groups is 1. The number of ketones is 1. The minimum absolute atomic E-state index is 0.193. The van der Waals surface area contributed by atoms with Crippen LogP contribution in [0.15, 0.2) is 84.9 Å². The summed E-state index contributed by atoms with van der Waals surface area (Å²) >= 11 is 0. The predicted molar refractivity (Wildman–Crippen MR) is 148 cm³/mol. The number of nitrogens with zero attached hydrogens (tertiary/aromatic N) is 1. The second-order valence-corrected chi connectivity index (χ2v) is 10.6. The van der Waals surface area contributed by atoms with E-state index >= 15 is 0 Å². The maximum Gasteiger partial charge on any atom is 0.162 e. The fourth-order valence-electron chi connectivity index (χ4n) is 5.59. The van der Waals surface area contributed by atoms with Crippen molar-refractivity contribution in [1.29, 1.82) is 0 Å². The van der Waals surface area contributed by atoms with E-state index in [1.807, 2.05) is 48.5 Å². The molecule has 1 heterocycles. The van der Waals surface area contributed by atoms with Gasteiger partial charge in [-0.15, -0.1) is 0 Å². The Morgan fingerprint density at radius 3 is 1.92 bits per heavy atom. The summed E-state index contributed by atoms with van der Waals surface area (Å²) in [7, 11) is 0. The molecule has 0 atom stereocenters. The maximum absolute atomic E-state index is 12.5. The van der Waals surface area contributed by atoms with Gasteiger partial charge in [0.1, 0.15) is 5.60 Å². The summed E-state index contributed by atoms with van der Waals surface area (Å²) in [6, 6.07) is 28.4. The molecule has 0 aliphatic carbocycles. The van der Waals surface area contributed by atoms with Gasteiger partial charge in [0.15, 0.2) is 5.78 Å². The Morgan fingerprint density at radius 1 is 0.833 bits per heavy atom. The highest BCUT2D eigenvalue weighted by molar-refractivity contribution is 5.96. The fourth-order valence-corrected chi connectivity index (χ4v) is 5.59. The Kier molecular flexibility index (Phi) is 9.12. The van der Waals surface area contributed by atoms with Gasteiger partial charge in [-0.3, -0.25) is 4.79 Å². The van der Waals surface area contributed by atoms with Crippen molar-refractivity contribution in [3.63, 3.8) is 0 Å². The molecule has 0 amide bonds. The minimum Gasteiger partial charge on any atom is -0.380 e. The molecule has 3 nitrogen and oxygen atoms in total. The van der Waals surface area contributed by atoms with Gasteiger partial charge in [0.25, 0.3) is 0 Å². The number of unbranched alkanes of at least 4 members (excludes halogenated alkanes) is 2. The van der Waals surface area contributed by atoms with Crippen molar-refractivity contribution >= 4 is 5.78 Å². The maximum atomic E-state index is 12.5. The standard InChI is InChI=1S/C33H41NO2/c1-26(2)27-17-19-28(20-18-27)32(35)16-10-5-11-23-34-24-21-31(22-25-34)33(36,29-12-6-3-7-13-29)30-14-8-4-9-15-30/h3-4,6-9,12-15,17-20,26,31,36H,5,10-11,16,21-25H2,1-2H3. The van der Waals surface area contributed by atoms with Gasteiger partial charge in [-0.25, -0.2) is 0 Å². The van der Waals surface area contributed by atoms with E-state index in [0.29, 0.717) is 12.3 Å². The summed E-state index contributed by atoms with van der Waals surface area (Å²) in [5, 5.41) is 12.0. The third-order valence-corrected chi connectivity index (χ3v) is 7.88. The van der Waals surface area contributed by atoms with Crippen LogP contribution in [0.25, 0.3) is 0 Å². The van der Waals surface area contributed by atoms with Crippen molar-refractivity contribution in [1.82, 2.24) is 4.90 Å². The number of benzene rings is 3. The number of likely N-dealkylation sites (tertiary alicyclic amines) is 1. The molecular formula is C33H41NO2. The lowest BCUT2D eigenvalue weighted by Gasteiger charge is -2.42. The van der Waals surface area contributed by atoms with E-state index in [-0.39, 0.29) is 11.7 Å². The first-order valence-corrected chi connectivity index (χ1v) is 13.7. The van der Waals surface area contributed by atoms with Crippen LogP contribution in [0.4, 0.5) is 0 Å². The molecule has 4 rings (SSSR count). The predicted octanol–water partition coefficient (Wildman–Crippen LogP) is 7.20. The molecule has 1 fully saturated rings. The molecule has 0 spiro atoms. The van der Waals surface area contributed by atoms with Crippen LogP contribution in [0.1, 0.15) is 85.3 Å². The highest BCUT2D eigenvalue weighted by Gasteiger charge is 2.41. The number of piperidine rings is 1. The first-order chi connectivity index (χ1) is 17.5. The molecule has 1 aliphatic heterocycles. The average molecular weight is 484 g/mol. The van der Waals surface area contributed by atoms with E-state index in [1.165, 1.54) is 5.56 Å². The SMILES string of the molecule is CC(C)c1ccc(C(=O)CCCCCN2CCC(C(O)(c3ccccc3)c3ccccc3)CC2)cc1. The smallest absolute Gasteiger partial charge is 0.162 e. The molecule has 0 unspecified atom stereocenters. The zero-order valence-corrected chi connectivity index (χ0v) is 21.9. The zero-order valence-electron chi connectivity index (χ0n) is 21.9. The molecule has 1 saturated heterocycles. The molecule has 190 valence electrons. The molecule has 3 aromatic rings. The number of aliphatic hydroxyl groups is 1. The summed E-state index contributed by atoms with van der Waals surface area (Å²) in [6.07, 6.45) is 5.73. The van der Waals surface area contributed by atoms with E-state index in [4.69, 9.17) is 0 Å². The van der Waals surface area contributed by atoms with Gasteiger partial charge in [0, 0.05) is 12.0 Å². The van der Waals surface area contributed by atoms with Crippen molar-refractivity contribution < 1.29 is 9.90 Å². The van der Waals surface area contributed by atoms with Crippen LogP contribution in [0.3, 0.4) is 0 Å². The molecule has 0 bridgehead atoms. The molecule has 0 aromatic heterocycles. The van der Waals surface area contributed by atoms with E-state index in [0.717, 1.165) is 68.4 Å². The van der Waals surface area contributed by atoms with Gasteiger partial charge in [-0.05, 0) is 73.8 Å². The van der Waals surface area contributed by atoms with E-state index < -0.39 is 5.60 Å². The lowest BCUT2D eigenvalue weighted by atomic mass is 9.72. The lowest BCUT2D eigenvalue weighted by molar-refractivity contribution is -0.0143. The van der Waals surface area contributed by atoms with Crippen molar-refractivity contribution in [2.24, 2.45) is 5.92 Å². The zero-order chi connectivity index (χ0) is 25.4. The van der Waals surface area contributed by atoms with Gasteiger partial charge < -0.3 is 10.0 Å². The number of rotatable bonds is 11. The molecule has 0 saturated carbocycles. The van der Waals surface area contributed by atoms with Crippen LogP contribution in [-0.2, 0) is 5.60 Å². The summed E-state index contributed by atoms with van der Waals surface area (Å²) in [5.74, 6) is 0.940. The molecule has 3 heteroatoms. The number of Topliss-reactive ketones (excluding diaryl/α,β-unsaturated/α-hetero) is 1. The molecule has 3 aromatic carbocycles. The molecule has 1 N–H and O–H groups in total. The minimum atomic E-state index is -0.956. The Hall–Kier alpha value is -2.75. The van der Waals surface area contributed by atoms with E-state index in [9.17, 15) is 9.90 Å². The van der Waals surface area contributed by atoms with Crippen molar-refractivity contribution in [3.05, 3.63) is 107 Å². The van der Waals surface area contributed by atoms with Crippen LogP contribution in [0.2, 0.25) is 0 Å². The second kappa shape index (κ2) is 12.5. The highest BCUT2D eigenvalue weighted by Crippen LogP contribution is 2.41. The number of hydrogen-bond acceptors (Lipinski definition) is 3. The van der Waals surface area contributed by atoms with Crippen molar-refractivity contribution in [2.75, 3.05) is 19.6 Å². The van der Waals surface area contributed by atoms with Crippen molar-refractivity contribution in [2.45, 2.75) is 63.9 Å². The van der Waals surface area contributed by atoms with Crippen LogP contribution in [0.5, 0.6) is 0 Å². The number of hydrogen-bond donors (Lipinski definition) is 1. The monoisotopic (exact) mass is 483 g/mol. The van der Waals surface area contributed by atoms with Gasteiger partial charge in [-0.2, -0.15) is 0 Å². The van der Waals surface area contributed by atoms with Gasteiger partial charge in [0.05, 0.1) is 0 Å². The van der Waals surface area contributed by atoms with Gasteiger partial charge in [-0.1, -0.05) is 105 Å². The average Bonchev–Trinajstić information content (AvgIpc) is 2.93. The Labute approximate surface area is 217 Å². The van der Waals surface area contributed by atoms with Crippen LogP contribution >= 0.6 is 0 Å². The molecule has 36 heavy (non-hydrogen) atoms. The Bertz CT molecular complexity index is 1030. The fraction of sp³-hybridized carbons (Fsp3) is 0.424. The van der Waals surface area contributed by atoms with Gasteiger partial charge in [0.2, 0.25) is 0 Å². The molecule has 0 radical (unpaired) electrons. The van der Waals surface area contributed by atoms with E-state index in [2.05, 4.69) is 55.1 Å². The normalized spacial score (nSPS) is 15.3. The van der Waals surface area contributed by atoms with Crippen LogP contribution < -0.4 is 0 Å². The largest absolute Gasteiger partial charge is 0.380 e. The van der Waals surface area contributed by atoms with E-state index in [1.54, 1.807) is 0 Å². The first-order valence-electron chi connectivity index (χ1n) is 13.7. The summed E-state index contributed by atoms with van der Waals surface area (Å²) < 4.78 is 0. The summed E-state index contributed by atoms with van der Waals surface area (Å²) in [6.45, 7) is 7.43. The number of carbonyl (C=O) groups excluding carboxylic acids is 1. The third-order valence-electron chi connectivity index (χ3n) is 7.88. The topological polar surface area (TPSA) is 40.5 Å². The highest BCUT2D eigenvalue weighted by atomic mass is 16.3. The lowest BCUT2D eigenvalue weighted by Crippen LogP contribution is -2.44. The quantitative estimate of drug-likeness (QED) is 0.232.